The average Bonchev–Trinajstić information content (AvgIpc) is 2.53. The third-order valence-electron chi connectivity index (χ3n) is 3.08. The maximum Gasteiger partial charge on any atom is 0.339 e. The van der Waals surface area contributed by atoms with Gasteiger partial charge in [-0.15, -0.1) is 0 Å². The van der Waals surface area contributed by atoms with E-state index in [4.69, 9.17) is 4.74 Å². The third-order valence-corrected chi connectivity index (χ3v) is 4.26. The van der Waals surface area contributed by atoms with Gasteiger partial charge in [-0.05, 0) is 75.0 Å². The van der Waals surface area contributed by atoms with Crippen LogP contribution < -0.4 is 15.5 Å². The van der Waals surface area contributed by atoms with Gasteiger partial charge in [-0.25, -0.2) is 10.2 Å². The molecule has 2 amide bonds. The molecule has 2 N–H and O–H groups in total. The van der Waals surface area contributed by atoms with Crippen LogP contribution in [-0.2, 0) is 0 Å². The number of anilines is 1. The Morgan fingerprint density at radius 3 is 2.54 bits per heavy atom. The Morgan fingerprint density at radius 1 is 1.25 bits per heavy atom. The smallest absolute Gasteiger partial charge is 0.339 e. The van der Waals surface area contributed by atoms with Crippen LogP contribution in [0.1, 0.15) is 18.1 Å². The van der Waals surface area contributed by atoms with Crippen molar-refractivity contribution in [2.45, 2.75) is 13.8 Å². The number of rotatable bonds is 5. The van der Waals surface area contributed by atoms with Gasteiger partial charge in [-0.3, -0.25) is 0 Å². The number of para-hydroxylation sites is 1. The molecule has 0 radical (unpaired) electrons. The van der Waals surface area contributed by atoms with E-state index in [9.17, 15) is 4.79 Å². The molecular formula is C17H17Br2N3O2. The van der Waals surface area contributed by atoms with E-state index < -0.39 is 6.03 Å². The predicted octanol–water partition coefficient (Wildman–Crippen LogP) is 5.07. The molecule has 0 spiro atoms. The third kappa shape index (κ3) is 5.07. The first-order valence-corrected chi connectivity index (χ1v) is 8.87. The lowest BCUT2D eigenvalue weighted by atomic mass is 10.2. The van der Waals surface area contributed by atoms with Gasteiger partial charge in [0.05, 0.1) is 21.8 Å². The number of carbonyl (C=O) groups is 1. The Kier molecular flexibility index (Phi) is 6.81. The number of nitrogens with zero attached hydrogens (tertiary/aromatic N) is 1. The normalized spacial score (nSPS) is 10.7. The minimum absolute atomic E-state index is 0.399. The maximum absolute atomic E-state index is 11.9. The number of benzene rings is 2. The number of amides is 2. The molecule has 0 aliphatic rings. The van der Waals surface area contributed by atoms with Crippen molar-refractivity contribution in [3.8, 4) is 5.75 Å². The molecule has 2 rings (SSSR count). The number of nitrogens with one attached hydrogen (secondary N) is 2. The van der Waals surface area contributed by atoms with Crippen LogP contribution in [0.3, 0.4) is 0 Å². The van der Waals surface area contributed by atoms with Gasteiger partial charge < -0.3 is 10.1 Å². The quantitative estimate of drug-likeness (QED) is 0.489. The van der Waals surface area contributed by atoms with E-state index in [2.05, 4.69) is 47.7 Å². The van der Waals surface area contributed by atoms with Gasteiger partial charge in [0, 0.05) is 5.69 Å². The molecule has 2 aromatic rings. The summed E-state index contributed by atoms with van der Waals surface area (Å²) in [7, 11) is 0. The molecule has 5 nitrogen and oxygen atoms in total. The number of hydrogen-bond donors (Lipinski definition) is 2. The molecule has 0 aromatic heterocycles. The lowest BCUT2D eigenvalue weighted by Crippen LogP contribution is -2.24. The number of hydrazone groups is 1. The van der Waals surface area contributed by atoms with Crippen molar-refractivity contribution >= 4 is 49.8 Å². The number of hydrogen-bond acceptors (Lipinski definition) is 3. The van der Waals surface area contributed by atoms with E-state index in [0.717, 1.165) is 31.5 Å². The van der Waals surface area contributed by atoms with E-state index in [-0.39, 0.29) is 0 Å². The van der Waals surface area contributed by atoms with Gasteiger partial charge in [0.15, 0.2) is 0 Å². The molecule has 24 heavy (non-hydrogen) atoms. The number of aryl methyl sites for hydroxylation is 1. The van der Waals surface area contributed by atoms with Crippen molar-refractivity contribution in [1.82, 2.24) is 5.43 Å². The summed E-state index contributed by atoms with van der Waals surface area (Å²) in [5.41, 5.74) is 4.99. The van der Waals surface area contributed by atoms with Gasteiger partial charge in [-0.1, -0.05) is 18.2 Å². The van der Waals surface area contributed by atoms with E-state index in [1.165, 1.54) is 0 Å². The largest absolute Gasteiger partial charge is 0.492 e. The summed E-state index contributed by atoms with van der Waals surface area (Å²) in [6.07, 6.45) is 1.56. The minimum Gasteiger partial charge on any atom is -0.492 e. The highest BCUT2D eigenvalue weighted by atomic mass is 79.9. The van der Waals surface area contributed by atoms with Gasteiger partial charge in [0.1, 0.15) is 5.75 Å². The summed E-state index contributed by atoms with van der Waals surface area (Å²) < 4.78 is 7.14. The van der Waals surface area contributed by atoms with E-state index in [1.54, 1.807) is 6.21 Å². The molecule has 0 atom stereocenters. The Balaban J connectivity index is 1.99. The highest BCUT2D eigenvalue weighted by Crippen LogP contribution is 2.34. The molecule has 0 unspecified atom stereocenters. The van der Waals surface area contributed by atoms with Crippen LogP contribution >= 0.6 is 31.9 Å². The topological polar surface area (TPSA) is 62.7 Å². The molecule has 0 bridgehead atoms. The summed E-state index contributed by atoms with van der Waals surface area (Å²) in [6, 6.07) is 10.9. The molecule has 0 heterocycles. The Bertz CT molecular complexity index is 740. The summed E-state index contributed by atoms with van der Waals surface area (Å²) in [4.78, 5) is 11.9. The first kappa shape index (κ1) is 18.5. The molecule has 0 saturated heterocycles. The van der Waals surface area contributed by atoms with Crippen molar-refractivity contribution in [3.05, 3.63) is 56.5 Å². The fourth-order valence-corrected chi connectivity index (χ4v) is 3.42. The molecule has 0 aliphatic heterocycles. The fourth-order valence-electron chi connectivity index (χ4n) is 1.97. The summed E-state index contributed by atoms with van der Waals surface area (Å²) in [6.45, 7) is 4.42. The maximum atomic E-state index is 11.9. The van der Waals surface area contributed by atoms with Crippen LogP contribution in [0.4, 0.5) is 10.5 Å². The SMILES string of the molecule is CCOc1c(Br)cc(C=NNC(=O)Nc2ccccc2C)cc1Br. The van der Waals surface area contributed by atoms with Crippen LogP contribution in [0.5, 0.6) is 5.75 Å². The second-order valence-electron chi connectivity index (χ2n) is 4.89. The number of urea groups is 1. The van der Waals surface area contributed by atoms with Gasteiger partial charge >= 0.3 is 6.03 Å². The number of carbonyl (C=O) groups excluding carboxylic acids is 1. The lowest BCUT2D eigenvalue weighted by Gasteiger charge is -2.09. The predicted molar refractivity (Wildman–Crippen MR) is 104 cm³/mol. The number of halogens is 2. The monoisotopic (exact) mass is 453 g/mol. The Hall–Kier alpha value is -1.86. The van der Waals surface area contributed by atoms with Crippen LogP contribution in [0.2, 0.25) is 0 Å². The average molecular weight is 455 g/mol. The van der Waals surface area contributed by atoms with Crippen LogP contribution in [-0.4, -0.2) is 18.9 Å². The second kappa shape index (κ2) is 8.84. The summed E-state index contributed by atoms with van der Waals surface area (Å²) >= 11 is 6.91. The Labute approximate surface area is 157 Å². The van der Waals surface area contributed by atoms with Gasteiger partial charge in [0.2, 0.25) is 0 Å². The molecule has 0 aliphatic carbocycles. The molecule has 7 heteroatoms. The summed E-state index contributed by atoms with van der Waals surface area (Å²) in [5.74, 6) is 0.736. The highest BCUT2D eigenvalue weighted by Gasteiger charge is 2.08. The zero-order valence-electron chi connectivity index (χ0n) is 13.3. The van der Waals surface area contributed by atoms with E-state index >= 15 is 0 Å². The highest BCUT2D eigenvalue weighted by molar-refractivity contribution is 9.11. The number of ether oxygens (including phenoxy) is 1. The van der Waals surface area contributed by atoms with Crippen molar-refractivity contribution in [2.75, 3.05) is 11.9 Å². The first-order valence-electron chi connectivity index (χ1n) is 7.28. The van der Waals surface area contributed by atoms with Crippen molar-refractivity contribution in [2.24, 2.45) is 5.10 Å². The molecule has 126 valence electrons. The molecule has 2 aromatic carbocycles. The van der Waals surface area contributed by atoms with E-state index in [0.29, 0.717) is 6.61 Å². The lowest BCUT2D eigenvalue weighted by molar-refractivity contribution is 0.252. The molecule has 0 saturated carbocycles. The molecule has 0 fully saturated rings. The Morgan fingerprint density at radius 2 is 1.92 bits per heavy atom. The van der Waals surface area contributed by atoms with Crippen LogP contribution in [0.25, 0.3) is 0 Å². The van der Waals surface area contributed by atoms with E-state index in [1.807, 2.05) is 50.2 Å². The van der Waals surface area contributed by atoms with Gasteiger partial charge in [0.25, 0.3) is 0 Å². The van der Waals surface area contributed by atoms with Gasteiger partial charge in [-0.2, -0.15) is 5.10 Å². The van der Waals surface area contributed by atoms with Crippen molar-refractivity contribution in [1.29, 1.82) is 0 Å². The standard InChI is InChI=1S/C17H17Br2N3O2/c1-3-24-16-13(18)8-12(9-14(16)19)10-20-22-17(23)21-15-7-5-4-6-11(15)2/h4-10H,3H2,1-2H3,(H2,21,22,23). The van der Waals surface area contributed by atoms with Crippen LogP contribution in [0, 0.1) is 6.92 Å². The fraction of sp³-hybridized carbons (Fsp3) is 0.176. The van der Waals surface area contributed by atoms with Crippen molar-refractivity contribution < 1.29 is 9.53 Å². The first-order chi connectivity index (χ1) is 11.5. The summed E-state index contributed by atoms with van der Waals surface area (Å²) in [5, 5.41) is 6.70. The van der Waals surface area contributed by atoms with Crippen molar-refractivity contribution in [3.63, 3.8) is 0 Å². The minimum atomic E-state index is -0.399. The zero-order chi connectivity index (χ0) is 17.5. The second-order valence-corrected chi connectivity index (χ2v) is 6.59. The van der Waals surface area contributed by atoms with Crippen LogP contribution in [0.15, 0.2) is 50.4 Å². The zero-order valence-corrected chi connectivity index (χ0v) is 16.4. The molecular weight excluding hydrogens is 438 g/mol.